The zero-order valence-electron chi connectivity index (χ0n) is 26.9. The van der Waals surface area contributed by atoms with Crippen molar-refractivity contribution in [3.05, 3.63) is 197 Å². The number of rotatable bonds is 3. The van der Waals surface area contributed by atoms with E-state index in [9.17, 15) is 0 Å². The van der Waals surface area contributed by atoms with Crippen molar-refractivity contribution in [1.29, 1.82) is 0 Å². The highest BCUT2D eigenvalue weighted by Crippen LogP contribution is 2.62. The van der Waals surface area contributed by atoms with Gasteiger partial charge in [0.2, 0.25) is 0 Å². The van der Waals surface area contributed by atoms with Crippen LogP contribution in [0.15, 0.2) is 168 Å². The summed E-state index contributed by atoms with van der Waals surface area (Å²) < 4.78 is 6.38. The fraction of sp³-hybridized carbons (Fsp3) is 0.0870. The summed E-state index contributed by atoms with van der Waals surface area (Å²) >= 11 is 0. The van der Waals surface area contributed by atoms with Crippen molar-refractivity contribution in [1.82, 2.24) is 0 Å². The molecule has 0 unspecified atom stereocenters. The average Bonchev–Trinajstić information content (AvgIpc) is 3.65. The molecule has 10 rings (SSSR count). The quantitative estimate of drug-likeness (QED) is 0.197. The Morgan fingerprint density at radius 2 is 0.938 bits per heavy atom. The monoisotopic (exact) mass is 615 g/mol. The van der Waals surface area contributed by atoms with Gasteiger partial charge in [-0.15, -0.1) is 0 Å². The predicted octanol–water partition coefficient (Wildman–Crippen LogP) is 12.1. The molecule has 0 N–H and O–H groups in total. The number of fused-ring (bicyclic) bond motifs is 12. The Hall–Kier alpha value is -5.86. The summed E-state index contributed by atoms with van der Waals surface area (Å²) in [6.07, 6.45) is 0. The number of hydrogen-bond donors (Lipinski definition) is 0. The largest absolute Gasteiger partial charge is 0.456 e. The van der Waals surface area contributed by atoms with E-state index >= 15 is 0 Å². The third kappa shape index (κ3) is 3.52. The summed E-state index contributed by atoms with van der Waals surface area (Å²) in [5, 5.41) is 2.27. The van der Waals surface area contributed by atoms with Crippen LogP contribution in [-0.4, -0.2) is 0 Å². The van der Waals surface area contributed by atoms with Crippen LogP contribution in [0.2, 0.25) is 0 Å². The van der Waals surface area contributed by atoms with Gasteiger partial charge in [0, 0.05) is 39.3 Å². The van der Waals surface area contributed by atoms with Gasteiger partial charge in [-0.3, -0.25) is 0 Å². The Morgan fingerprint density at radius 1 is 0.396 bits per heavy atom. The molecule has 7 aromatic carbocycles. The normalized spacial score (nSPS) is 14.8. The van der Waals surface area contributed by atoms with Crippen LogP contribution >= 0.6 is 0 Å². The Kier molecular flexibility index (Phi) is 5.58. The molecule has 0 fully saturated rings. The first-order valence-corrected chi connectivity index (χ1v) is 16.8. The maximum absolute atomic E-state index is 6.38. The lowest BCUT2D eigenvalue weighted by molar-refractivity contribution is 0.563. The molecule has 0 amide bonds. The maximum atomic E-state index is 6.38. The van der Waals surface area contributed by atoms with Gasteiger partial charge in [-0.25, -0.2) is 0 Å². The number of benzene rings is 7. The number of nitrogens with zero attached hydrogens (tertiary/aromatic N) is 1. The molecule has 2 aliphatic carbocycles. The second kappa shape index (κ2) is 9.82. The van der Waals surface area contributed by atoms with Gasteiger partial charge in [0.05, 0.1) is 5.41 Å². The van der Waals surface area contributed by atoms with E-state index in [-0.39, 0.29) is 5.41 Å². The minimum atomic E-state index is -0.405. The van der Waals surface area contributed by atoms with Gasteiger partial charge in [0.25, 0.3) is 0 Å². The van der Waals surface area contributed by atoms with E-state index in [0.717, 1.165) is 39.0 Å². The zero-order chi connectivity index (χ0) is 32.0. The molecule has 2 nitrogen and oxygen atoms in total. The summed E-state index contributed by atoms with van der Waals surface area (Å²) in [7, 11) is 0. The maximum Gasteiger partial charge on any atom is 0.137 e. The fourth-order valence-electron chi connectivity index (χ4n) is 8.85. The molecule has 228 valence electrons. The minimum Gasteiger partial charge on any atom is -0.456 e. The van der Waals surface area contributed by atoms with Crippen molar-refractivity contribution in [3.8, 4) is 11.1 Å². The van der Waals surface area contributed by atoms with Crippen molar-refractivity contribution >= 4 is 39.0 Å². The summed E-state index contributed by atoms with van der Waals surface area (Å²) in [5.41, 5.74) is 15.3. The molecular formula is C46H33NO. The van der Waals surface area contributed by atoms with E-state index in [1.165, 1.54) is 44.5 Å². The van der Waals surface area contributed by atoms with Gasteiger partial charge in [0.15, 0.2) is 0 Å². The molecule has 2 aliphatic rings. The summed E-state index contributed by atoms with van der Waals surface area (Å²) in [6, 6.07) is 59.9. The second-order valence-electron chi connectivity index (χ2n) is 13.7. The minimum absolute atomic E-state index is 0.231. The van der Waals surface area contributed by atoms with Gasteiger partial charge in [-0.05, 0) is 87.0 Å². The standard InChI is InChI=1S/C46H33NO/c1-45(2)39-21-11-12-22-40(39)46(37-19-9-6-16-33(37)34-17-7-10-20-38(34)46)41-27-25-31(28-42(41)45)47(30-14-4-3-5-15-30)32-24-26-36-35-18-8-13-23-43(35)48-44(36)29-32/h3-29H,1-2H3. The van der Waals surface area contributed by atoms with Crippen LogP contribution in [0.3, 0.4) is 0 Å². The molecular weight excluding hydrogens is 583 g/mol. The summed E-state index contributed by atoms with van der Waals surface area (Å²) in [6.45, 7) is 4.78. The van der Waals surface area contributed by atoms with Crippen molar-refractivity contribution < 1.29 is 4.42 Å². The molecule has 0 aliphatic heterocycles. The second-order valence-corrected chi connectivity index (χ2v) is 13.7. The lowest BCUT2D eigenvalue weighted by Gasteiger charge is -2.47. The predicted molar refractivity (Wildman–Crippen MR) is 198 cm³/mol. The van der Waals surface area contributed by atoms with Gasteiger partial charge >= 0.3 is 0 Å². The van der Waals surface area contributed by atoms with Crippen LogP contribution in [0.4, 0.5) is 17.1 Å². The van der Waals surface area contributed by atoms with Crippen LogP contribution in [-0.2, 0) is 10.8 Å². The molecule has 1 spiro atoms. The van der Waals surface area contributed by atoms with Crippen LogP contribution in [0, 0.1) is 0 Å². The Bertz CT molecular complexity index is 2510. The van der Waals surface area contributed by atoms with Crippen molar-refractivity contribution in [3.63, 3.8) is 0 Å². The molecule has 2 heteroatoms. The van der Waals surface area contributed by atoms with Crippen LogP contribution in [0.25, 0.3) is 33.1 Å². The van der Waals surface area contributed by atoms with E-state index in [4.69, 9.17) is 4.42 Å². The molecule has 0 saturated heterocycles. The number of anilines is 3. The molecule has 0 atom stereocenters. The highest BCUT2D eigenvalue weighted by molar-refractivity contribution is 6.06. The van der Waals surface area contributed by atoms with Gasteiger partial charge in [-0.1, -0.05) is 129 Å². The molecule has 0 radical (unpaired) electrons. The van der Waals surface area contributed by atoms with E-state index in [2.05, 4.69) is 170 Å². The van der Waals surface area contributed by atoms with E-state index in [1.807, 2.05) is 12.1 Å². The molecule has 0 saturated carbocycles. The zero-order valence-corrected chi connectivity index (χ0v) is 26.9. The van der Waals surface area contributed by atoms with E-state index in [1.54, 1.807) is 0 Å². The molecule has 0 bridgehead atoms. The van der Waals surface area contributed by atoms with E-state index in [0.29, 0.717) is 0 Å². The Labute approximate surface area is 280 Å². The Morgan fingerprint density at radius 3 is 1.69 bits per heavy atom. The van der Waals surface area contributed by atoms with Crippen molar-refractivity contribution in [2.24, 2.45) is 0 Å². The number of hydrogen-bond acceptors (Lipinski definition) is 2. The third-order valence-corrected chi connectivity index (χ3v) is 10.9. The third-order valence-electron chi connectivity index (χ3n) is 10.9. The van der Waals surface area contributed by atoms with Crippen LogP contribution in [0.5, 0.6) is 0 Å². The van der Waals surface area contributed by atoms with Gasteiger partial charge < -0.3 is 9.32 Å². The summed E-state index contributed by atoms with van der Waals surface area (Å²) in [4.78, 5) is 2.37. The SMILES string of the molecule is CC1(C)c2ccccc2C2(c3ccccc3-c3ccccc32)c2ccc(N(c3ccccc3)c3ccc4c(c3)oc3ccccc34)cc21. The molecule has 8 aromatic rings. The smallest absolute Gasteiger partial charge is 0.137 e. The molecule has 48 heavy (non-hydrogen) atoms. The van der Waals surface area contributed by atoms with Gasteiger partial charge in [-0.2, -0.15) is 0 Å². The van der Waals surface area contributed by atoms with Crippen LogP contribution in [0.1, 0.15) is 47.2 Å². The summed E-state index contributed by atoms with van der Waals surface area (Å²) in [5.74, 6) is 0. The fourth-order valence-corrected chi connectivity index (χ4v) is 8.85. The highest BCUT2D eigenvalue weighted by atomic mass is 16.3. The van der Waals surface area contributed by atoms with Crippen molar-refractivity contribution in [2.75, 3.05) is 4.90 Å². The first-order valence-electron chi connectivity index (χ1n) is 16.8. The molecule has 1 heterocycles. The number of furan rings is 1. The van der Waals surface area contributed by atoms with Crippen LogP contribution < -0.4 is 4.90 Å². The van der Waals surface area contributed by atoms with Gasteiger partial charge in [0.1, 0.15) is 11.2 Å². The van der Waals surface area contributed by atoms with E-state index < -0.39 is 5.41 Å². The van der Waals surface area contributed by atoms with Crippen molar-refractivity contribution in [2.45, 2.75) is 24.7 Å². The topological polar surface area (TPSA) is 16.4 Å². The number of para-hydroxylation sites is 2. The first-order chi connectivity index (χ1) is 23.6. The molecule has 1 aromatic heterocycles. The Balaban J connectivity index is 1.25. The lowest BCUT2D eigenvalue weighted by Crippen LogP contribution is -2.40. The average molecular weight is 616 g/mol. The highest BCUT2D eigenvalue weighted by Gasteiger charge is 2.53. The first kappa shape index (κ1) is 27.3. The lowest BCUT2D eigenvalue weighted by atomic mass is 9.55.